The number of carboxylic acids is 1. The number of nitrogens with zero attached hydrogens (tertiary/aromatic N) is 2. The van der Waals surface area contributed by atoms with Crippen LogP contribution in [0, 0.1) is 5.92 Å². The minimum Gasteiger partial charge on any atom is -0.481 e. The van der Waals surface area contributed by atoms with E-state index in [9.17, 15) is 13.2 Å². The third-order valence-electron chi connectivity index (χ3n) is 4.09. The summed E-state index contributed by atoms with van der Waals surface area (Å²) in [6.07, 6.45) is 3.80. The number of hydrogen-bond donors (Lipinski definition) is 1. The first-order valence-corrected chi connectivity index (χ1v) is 8.38. The van der Waals surface area contributed by atoms with Crippen LogP contribution in [0.5, 0.6) is 0 Å². The van der Waals surface area contributed by atoms with E-state index in [1.807, 2.05) is 0 Å². The normalized spacial score (nSPS) is 29.5. The van der Waals surface area contributed by atoms with Crippen molar-refractivity contribution in [3.05, 3.63) is 0 Å². The number of carboxylic acid groups (broad SMARTS) is 1. The van der Waals surface area contributed by atoms with Crippen LogP contribution >= 0.6 is 0 Å². The van der Waals surface area contributed by atoms with Crippen molar-refractivity contribution in [2.45, 2.75) is 31.7 Å². The topological polar surface area (TPSA) is 87.1 Å². The predicted octanol–water partition coefficient (Wildman–Crippen LogP) is 0.139. The van der Waals surface area contributed by atoms with Gasteiger partial charge in [-0.25, -0.2) is 0 Å². The second-order valence-corrected chi connectivity index (χ2v) is 7.37. The van der Waals surface area contributed by atoms with E-state index in [1.165, 1.54) is 15.7 Å². The Kier molecular flexibility index (Phi) is 5.00. The lowest BCUT2D eigenvalue weighted by molar-refractivity contribution is -0.142. The van der Waals surface area contributed by atoms with E-state index in [-0.39, 0.29) is 13.2 Å². The van der Waals surface area contributed by atoms with Crippen molar-refractivity contribution >= 4 is 16.2 Å². The fraction of sp³-hybridized carbons (Fsp3) is 0.917. The van der Waals surface area contributed by atoms with Crippen LogP contribution < -0.4 is 0 Å². The van der Waals surface area contributed by atoms with Gasteiger partial charge >= 0.3 is 5.97 Å². The van der Waals surface area contributed by atoms with Gasteiger partial charge in [-0.1, -0.05) is 12.8 Å². The molecule has 20 heavy (non-hydrogen) atoms. The SMILES string of the molecule is CN(C1COCC1C(=O)O)S(=O)(=O)N1CCCCCC1. The lowest BCUT2D eigenvalue weighted by atomic mass is 10.1. The Morgan fingerprint density at radius 2 is 1.80 bits per heavy atom. The monoisotopic (exact) mass is 306 g/mol. The average Bonchev–Trinajstić information content (AvgIpc) is 2.72. The molecule has 0 radical (unpaired) electrons. The van der Waals surface area contributed by atoms with Gasteiger partial charge in [0.05, 0.1) is 25.2 Å². The third kappa shape index (κ3) is 3.13. The van der Waals surface area contributed by atoms with E-state index in [0.29, 0.717) is 13.1 Å². The molecule has 2 saturated heterocycles. The molecule has 0 amide bonds. The van der Waals surface area contributed by atoms with Crippen molar-refractivity contribution in [3.63, 3.8) is 0 Å². The van der Waals surface area contributed by atoms with Gasteiger partial charge in [0.25, 0.3) is 10.2 Å². The van der Waals surface area contributed by atoms with Crippen LogP contribution in [0.1, 0.15) is 25.7 Å². The van der Waals surface area contributed by atoms with Gasteiger partial charge < -0.3 is 9.84 Å². The number of ether oxygens (including phenoxy) is 1. The summed E-state index contributed by atoms with van der Waals surface area (Å²) < 4.78 is 33.0. The average molecular weight is 306 g/mol. The quantitative estimate of drug-likeness (QED) is 0.798. The van der Waals surface area contributed by atoms with E-state index in [4.69, 9.17) is 9.84 Å². The maximum Gasteiger partial charge on any atom is 0.310 e. The molecule has 0 bridgehead atoms. The van der Waals surface area contributed by atoms with Crippen LogP contribution in [-0.4, -0.2) is 67.5 Å². The van der Waals surface area contributed by atoms with Crippen LogP contribution in [0.4, 0.5) is 0 Å². The minimum absolute atomic E-state index is 0.0693. The number of hydrogen-bond acceptors (Lipinski definition) is 4. The Morgan fingerprint density at radius 1 is 1.20 bits per heavy atom. The molecule has 8 heteroatoms. The van der Waals surface area contributed by atoms with Crippen LogP contribution in [0.2, 0.25) is 0 Å². The number of aliphatic carboxylic acids is 1. The highest BCUT2D eigenvalue weighted by Crippen LogP contribution is 2.24. The van der Waals surface area contributed by atoms with E-state index in [1.54, 1.807) is 0 Å². The summed E-state index contributed by atoms with van der Waals surface area (Å²) in [7, 11) is -2.16. The summed E-state index contributed by atoms with van der Waals surface area (Å²) in [4.78, 5) is 11.2. The zero-order valence-corrected chi connectivity index (χ0v) is 12.5. The van der Waals surface area contributed by atoms with Gasteiger partial charge in [-0.2, -0.15) is 17.0 Å². The lowest BCUT2D eigenvalue weighted by Gasteiger charge is -2.31. The lowest BCUT2D eigenvalue weighted by Crippen LogP contribution is -2.50. The first kappa shape index (κ1) is 15.7. The Morgan fingerprint density at radius 3 is 2.35 bits per heavy atom. The molecular weight excluding hydrogens is 284 g/mol. The molecule has 0 aromatic heterocycles. The number of likely N-dealkylation sites (N-methyl/N-ethyl adjacent to an activating group) is 1. The van der Waals surface area contributed by atoms with Gasteiger partial charge in [0, 0.05) is 20.1 Å². The Hall–Kier alpha value is -0.700. The summed E-state index contributed by atoms with van der Waals surface area (Å²) in [5, 5.41) is 9.14. The second-order valence-electron chi connectivity index (χ2n) is 5.39. The van der Waals surface area contributed by atoms with Crippen molar-refractivity contribution in [2.75, 3.05) is 33.4 Å². The Balaban J connectivity index is 2.13. The van der Waals surface area contributed by atoms with E-state index in [2.05, 4.69) is 0 Å². The zero-order valence-electron chi connectivity index (χ0n) is 11.7. The highest BCUT2D eigenvalue weighted by atomic mass is 32.2. The largest absolute Gasteiger partial charge is 0.481 e. The predicted molar refractivity (Wildman–Crippen MR) is 72.5 cm³/mol. The van der Waals surface area contributed by atoms with Gasteiger partial charge in [0.2, 0.25) is 0 Å². The summed E-state index contributed by atoms with van der Waals surface area (Å²) in [6, 6.07) is -0.624. The maximum atomic E-state index is 12.6. The standard InChI is InChI=1S/C12H22N2O5S/c1-13(11-9-19-8-10(11)12(15)16)20(17,18)14-6-4-2-3-5-7-14/h10-11H,2-9H2,1H3,(H,15,16). The molecule has 2 fully saturated rings. The molecule has 2 unspecified atom stereocenters. The summed E-state index contributed by atoms with van der Waals surface area (Å²) >= 11 is 0. The molecule has 7 nitrogen and oxygen atoms in total. The van der Waals surface area contributed by atoms with E-state index >= 15 is 0 Å². The van der Waals surface area contributed by atoms with E-state index < -0.39 is 28.1 Å². The van der Waals surface area contributed by atoms with Crippen molar-refractivity contribution in [3.8, 4) is 0 Å². The molecule has 116 valence electrons. The van der Waals surface area contributed by atoms with Crippen molar-refractivity contribution in [2.24, 2.45) is 5.92 Å². The van der Waals surface area contributed by atoms with Crippen molar-refractivity contribution in [1.82, 2.24) is 8.61 Å². The van der Waals surface area contributed by atoms with Gasteiger partial charge in [-0.15, -0.1) is 0 Å². The fourth-order valence-corrected chi connectivity index (χ4v) is 4.40. The molecular formula is C12H22N2O5S. The summed E-state index contributed by atoms with van der Waals surface area (Å²) in [6.45, 7) is 1.23. The molecule has 2 rings (SSSR count). The second kappa shape index (κ2) is 6.38. The Bertz CT molecular complexity index is 445. The Labute approximate surface area is 119 Å². The first-order chi connectivity index (χ1) is 9.44. The number of rotatable bonds is 4. The summed E-state index contributed by atoms with van der Waals surface area (Å²) in [5.74, 6) is -1.80. The smallest absolute Gasteiger partial charge is 0.310 e. The number of carbonyl (C=O) groups is 1. The van der Waals surface area contributed by atoms with Crippen LogP contribution in [-0.2, 0) is 19.7 Å². The molecule has 2 heterocycles. The van der Waals surface area contributed by atoms with Gasteiger partial charge in [0.1, 0.15) is 0 Å². The first-order valence-electron chi connectivity index (χ1n) is 6.98. The molecule has 0 saturated carbocycles. The van der Waals surface area contributed by atoms with Crippen LogP contribution in [0.15, 0.2) is 0 Å². The van der Waals surface area contributed by atoms with Gasteiger partial charge in [-0.05, 0) is 12.8 Å². The third-order valence-corrected chi connectivity index (χ3v) is 6.11. The zero-order chi connectivity index (χ0) is 14.8. The molecule has 2 atom stereocenters. The molecule has 1 N–H and O–H groups in total. The molecule has 0 aromatic rings. The van der Waals surface area contributed by atoms with Gasteiger partial charge in [0.15, 0.2) is 0 Å². The van der Waals surface area contributed by atoms with E-state index in [0.717, 1.165) is 25.7 Å². The minimum atomic E-state index is -3.61. The highest BCUT2D eigenvalue weighted by Gasteiger charge is 2.42. The molecule has 0 spiro atoms. The van der Waals surface area contributed by atoms with Crippen molar-refractivity contribution in [1.29, 1.82) is 0 Å². The van der Waals surface area contributed by atoms with Crippen molar-refractivity contribution < 1.29 is 23.1 Å². The summed E-state index contributed by atoms with van der Waals surface area (Å²) in [5.41, 5.74) is 0. The molecule has 0 aromatic carbocycles. The highest BCUT2D eigenvalue weighted by molar-refractivity contribution is 7.86. The maximum absolute atomic E-state index is 12.6. The molecule has 2 aliphatic rings. The fourth-order valence-electron chi connectivity index (χ4n) is 2.76. The molecule has 0 aliphatic carbocycles. The van der Waals surface area contributed by atoms with Gasteiger partial charge in [-0.3, -0.25) is 4.79 Å². The van der Waals surface area contributed by atoms with Crippen LogP contribution in [0.25, 0.3) is 0 Å². The molecule has 2 aliphatic heterocycles. The van der Waals surface area contributed by atoms with Crippen LogP contribution in [0.3, 0.4) is 0 Å².